The largest absolute Gasteiger partial charge is 0.326 e. The molecule has 0 bridgehead atoms. The first kappa shape index (κ1) is 16.4. The number of hydrogen-bond donors (Lipinski definition) is 1. The molecule has 0 saturated carbocycles. The summed E-state index contributed by atoms with van der Waals surface area (Å²) in [6.45, 7) is 3.91. The minimum absolute atomic E-state index is 0.00986. The number of sulfone groups is 1. The van der Waals surface area contributed by atoms with Crippen LogP contribution in [0.15, 0.2) is 17.0 Å². The molecule has 1 saturated heterocycles. The molecule has 0 atom stereocenters. The second-order valence-electron chi connectivity index (χ2n) is 5.30. The molecular weight excluding hydrogens is 312 g/mol. The van der Waals surface area contributed by atoms with E-state index >= 15 is 0 Å². The van der Waals surface area contributed by atoms with Crippen molar-refractivity contribution in [2.45, 2.75) is 25.3 Å². The number of sulfonamides is 1. The van der Waals surface area contributed by atoms with Gasteiger partial charge in [-0.2, -0.15) is 4.31 Å². The van der Waals surface area contributed by atoms with Gasteiger partial charge in [-0.3, -0.25) is 0 Å². The van der Waals surface area contributed by atoms with E-state index in [1.807, 2.05) is 6.92 Å². The average Bonchev–Trinajstić information content (AvgIpc) is 2.38. The van der Waals surface area contributed by atoms with E-state index in [0.717, 1.165) is 11.1 Å². The summed E-state index contributed by atoms with van der Waals surface area (Å²) in [6.07, 6.45) is 0. The average molecular weight is 332 g/mol. The molecule has 2 rings (SSSR count). The van der Waals surface area contributed by atoms with E-state index in [-0.39, 0.29) is 36.0 Å². The van der Waals surface area contributed by atoms with E-state index in [9.17, 15) is 16.8 Å². The number of hydrogen-bond acceptors (Lipinski definition) is 5. The lowest BCUT2D eigenvalue weighted by Gasteiger charge is -2.27. The fourth-order valence-electron chi connectivity index (χ4n) is 2.45. The van der Waals surface area contributed by atoms with Crippen molar-refractivity contribution in [2.24, 2.45) is 5.73 Å². The maximum absolute atomic E-state index is 12.7. The number of aryl methyl sites for hydroxylation is 2. The zero-order valence-corrected chi connectivity index (χ0v) is 13.8. The normalized spacial score (nSPS) is 19.6. The van der Waals surface area contributed by atoms with Crippen LogP contribution in [0, 0.1) is 13.8 Å². The van der Waals surface area contributed by atoms with Crippen molar-refractivity contribution in [2.75, 3.05) is 24.6 Å². The molecule has 1 fully saturated rings. The van der Waals surface area contributed by atoms with Crippen molar-refractivity contribution in [3.63, 3.8) is 0 Å². The van der Waals surface area contributed by atoms with Crippen LogP contribution in [-0.4, -0.2) is 45.7 Å². The number of nitrogens with two attached hydrogens (primary N) is 1. The SMILES string of the molecule is Cc1cc(C)c(S(=O)(=O)N2CCS(=O)(=O)CC2)cc1CN. The van der Waals surface area contributed by atoms with Gasteiger partial charge in [-0.25, -0.2) is 16.8 Å². The van der Waals surface area contributed by atoms with Gasteiger partial charge in [0.2, 0.25) is 10.0 Å². The summed E-state index contributed by atoms with van der Waals surface area (Å²) < 4.78 is 49.5. The van der Waals surface area contributed by atoms with Crippen LogP contribution in [0.2, 0.25) is 0 Å². The molecule has 0 radical (unpaired) electrons. The van der Waals surface area contributed by atoms with E-state index in [4.69, 9.17) is 5.73 Å². The maximum atomic E-state index is 12.7. The molecule has 118 valence electrons. The van der Waals surface area contributed by atoms with E-state index < -0.39 is 19.9 Å². The van der Waals surface area contributed by atoms with Crippen LogP contribution < -0.4 is 5.73 Å². The molecule has 21 heavy (non-hydrogen) atoms. The van der Waals surface area contributed by atoms with Gasteiger partial charge in [0.1, 0.15) is 0 Å². The fourth-order valence-corrected chi connectivity index (χ4v) is 5.58. The van der Waals surface area contributed by atoms with Gasteiger partial charge in [0.25, 0.3) is 0 Å². The predicted octanol–water partition coefficient (Wildman–Crippen LogP) is 0.181. The Bertz CT molecular complexity index is 741. The number of benzene rings is 1. The van der Waals surface area contributed by atoms with Gasteiger partial charge in [-0.05, 0) is 36.6 Å². The van der Waals surface area contributed by atoms with Crippen molar-refractivity contribution >= 4 is 19.9 Å². The van der Waals surface area contributed by atoms with Gasteiger partial charge in [-0.15, -0.1) is 0 Å². The third kappa shape index (κ3) is 3.28. The highest BCUT2D eigenvalue weighted by Crippen LogP contribution is 2.24. The molecule has 0 spiro atoms. The topological polar surface area (TPSA) is 97.5 Å². The van der Waals surface area contributed by atoms with Crippen molar-refractivity contribution in [1.29, 1.82) is 0 Å². The second kappa shape index (κ2) is 5.68. The molecule has 1 heterocycles. The van der Waals surface area contributed by atoms with Gasteiger partial charge < -0.3 is 5.73 Å². The molecule has 0 aliphatic carbocycles. The van der Waals surface area contributed by atoms with Crippen molar-refractivity contribution in [3.05, 3.63) is 28.8 Å². The highest BCUT2D eigenvalue weighted by atomic mass is 32.2. The molecular formula is C13H20N2O4S2. The van der Waals surface area contributed by atoms with Crippen LogP contribution in [0.5, 0.6) is 0 Å². The fraction of sp³-hybridized carbons (Fsp3) is 0.538. The van der Waals surface area contributed by atoms with E-state index in [2.05, 4.69) is 0 Å². The number of rotatable bonds is 3. The third-order valence-electron chi connectivity index (χ3n) is 3.77. The first-order valence-corrected chi connectivity index (χ1v) is 9.94. The van der Waals surface area contributed by atoms with E-state index in [1.54, 1.807) is 19.1 Å². The Morgan fingerprint density at radius 1 is 1.14 bits per heavy atom. The molecule has 1 aromatic rings. The minimum atomic E-state index is -3.68. The highest BCUT2D eigenvalue weighted by molar-refractivity contribution is 7.92. The van der Waals surface area contributed by atoms with Gasteiger partial charge in [0, 0.05) is 19.6 Å². The lowest BCUT2D eigenvalue weighted by Crippen LogP contribution is -2.43. The van der Waals surface area contributed by atoms with Crippen LogP contribution >= 0.6 is 0 Å². The van der Waals surface area contributed by atoms with Crippen molar-refractivity contribution < 1.29 is 16.8 Å². The van der Waals surface area contributed by atoms with Crippen LogP contribution in [0.25, 0.3) is 0 Å². The smallest absolute Gasteiger partial charge is 0.243 e. The summed E-state index contributed by atoms with van der Waals surface area (Å²) in [5, 5.41) is 0. The summed E-state index contributed by atoms with van der Waals surface area (Å²) in [7, 11) is -6.79. The van der Waals surface area contributed by atoms with Crippen molar-refractivity contribution in [1.82, 2.24) is 4.31 Å². The first-order chi connectivity index (χ1) is 9.67. The zero-order chi connectivity index (χ0) is 15.8. The molecule has 8 heteroatoms. The van der Waals surface area contributed by atoms with Crippen LogP contribution in [0.4, 0.5) is 0 Å². The zero-order valence-electron chi connectivity index (χ0n) is 12.2. The summed E-state index contributed by atoms with van der Waals surface area (Å²) in [6, 6.07) is 3.40. The Balaban J connectivity index is 2.41. The summed E-state index contributed by atoms with van der Waals surface area (Å²) in [5.41, 5.74) is 8.03. The molecule has 6 nitrogen and oxygen atoms in total. The van der Waals surface area contributed by atoms with Gasteiger partial charge in [0.05, 0.1) is 16.4 Å². The maximum Gasteiger partial charge on any atom is 0.243 e. The predicted molar refractivity (Wildman–Crippen MR) is 81.2 cm³/mol. The van der Waals surface area contributed by atoms with Crippen LogP contribution in [0.3, 0.4) is 0 Å². The Hall–Kier alpha value is -0.960. The monoisotopic (exact) mass is 332 g/mol. The Morgan fingerprint density at radius 3 is 2.24 bits per heavy atom. The first-order valence-electron chi connectivity index (χ1n) is 6.68. The summed E-state index contributed by atoms with van der Waals surface area (Å²) in [4.78, 5) is 0.216. The Labute approximate surface area is 125 Å². The quantitative estimate of drug-likeness (QED) is 0.851. The standard InChI is InChI=1S/C13H20N2O4S2/c1-10-7-11(2)13(8-12(10)9-14)21(18,19)15-3-5-20(16,17)6-4-15/h7-8H,3-6,9,14H2,1-2H3. The van der Waals surface area contributed by atoms with Crippen LogP contribution in [0.1, 0.15) is 16.7 Å². The molecule has 1 aliphatic heterocycles. The lowest BCUT2D eigenvalue weighted by atomic mass is 10.1. The molecule has 0 amide bonds. The van der Waals surface area contributed by atoms with Gasteiger partial charge in [-0.1, -0.05) is 6.07 Å². The highest BCUT2D eigenvalue weighted by Gasteiger charge is 2.32. The van der Waals surface area contributed by atoms with E-state index in [0.29, 0.717) is 5.56 Å². The lowest BCUT2D eigenvalue weighted by molar-refractivity contribution is 0.430. The second-order valence-corrected chi connectivity index (χ2v) is 9.51. The van der Waals surface area contributed by atoms with E-state index in [1.165, 1.54) is 4.31 Å². The van der Waals surface area contributed by atoms with Gasteiger partial charge in [0.15, 0.2) is 9.84 Å². The molecule has 2 N–H and O–H groups in total. The Morgan fingerprint density at radius 2 is 1.71 bits per heavy atom. The Kier molecular flexibility index (Phi) is 4.44. The van der Waals surface area contributed by atoms with Gasteiger partial charge >= 0.3 is 0 Å². The van der Waals surface area contributed by atoms with Crippen molar-refractivity contribution in [3.8, 4) is 0 Å². The van der Waals surface area contributed by atoms with Crippen LogP contribution in [-0.2, 0) is 26.4 Å². The third-order valence-corrected chi connectivity index (χ3v) is 7.42. The number of nitrogens with zero attached hydrogens (tertiary/aromatic N) is 1. The molecule has 1 aliphatic rings. The molecule has 1 aromatic carbocycles. The minimum Gasteiger partial charge on any atom is -0.326 e. The molecule has 0 aromatic heterocycles. The molecule has 0 unspecified atom stereocenters. The summed E-state index contributed by atoms with van der Waals surface area (Å²) >= 11 is 0. The summed E-state index contributed by atoms with van der Waals surface area (Å²) in [5.74, 6) is -0.248.